The zero-order valence-electron chi connectivity index (χ0n) is 22.9. The van der Waals surface area contributed by atoms with E-state index < -0.39 is 28.5 Å². The van der Waals surface area contributed by atoms with E-state index >= 15 is 0 Å². The van der Waals surface area contributed by atoms with Crippen molar-refractivity contribution in [3.05, 3.63) is 84.4 Å². The summed E-state index contributed by atoms with van der Waals surface area (Å²) < 4.78 is 40.1. The second-order valence-corrected chi connectivity index (χ2v) is 11.8. The van der Waals surface area contributed by atoms with E-state index in [0.29, 0.717) is 31.3 Å². The highest BCUT2D eigenvalue weighted by Gasteiger charge is 2.33. The van der Waals surface area contributed by atoms with Gasteiger partial charge >= 0.3 is 0 Å². The summed E-state index contributed by atoms with van der Waals surface area (Å²) in [5.41, 5.74) is 1.06. The number of sulfonamides is 1. The molecule has 2 amide bonds. The first kappa shape index (κ1) is 28.9. The molecule has 1 heterocycles. The van der Waals surface area contributed by atoms with Crippen LogP contribution < -0.4 is 19.1 Å². The van der Waals surface area contributed by atoms with Gasteiger partial charge in [0.2, 0.25) is 11.8 Å². The van der Waals surface area contributed by atoms with Crippen molar-refractivity contribution in [1.82, 2.24) is 10.2 Å². The second-order valence-electron chi connectivity index (χ2n) is 9.97. The van der Waals surface area contributed by atoms with Crippen molar-refractivity contribution in [1.29, 1.82) is 0 Å². The summed E-state index contributed by atoms with van der Waals surface area (Å²) in [5.74, 6) is 0.294. The number of hydrogen-bond acceptors (Lipinski definition) is 6. The van der Waals surface area contributed by atoms with E-state index in [1.54, 1.807) is 43.3 Å². The third kappa shape index (κ3) is 6.93. The first-order valence-electron chi connectivity index (χ1n) is 13.3. The maximum absolute atomic E-state index is 14.0. The Labute approximate surface area is 235 Å². The molecule has 3 aromatic rings. The van der Waals surface area contributed by atoms with Crippen LogP contribution in [0.4, 0.5) is 5.69 Å². The Morgan fingerprint density at radius 2 is 1.50 bits per heavy atom. The minimum atomic E-state index is -4.16. The molecule has 1 aliphatic rings. The number of carbonyl (C=O) groups excluding carboxylic acids is 2. The van der Waals surface area contributed by atoms with Gasteiger partial charge in [0.1, 0.15) is 25.8 Å². The molecule has 40 heavy (non-hydrogen) atoms. The molecule has 0 radical (unpaired) electrons. The van der Waals surface area contributed by atoms with E-state index in [-0.39, 0.29) is 29.0 Å². The maximum atomic E-state index is 14.0. The highest BCUT2D eigenvalue weighted by atomic mass is 32.2. The van der Waals surface area contributed by atoms with Crippen molar-refractivity contribution in [2.75, 3.05) is 30.6 Å². The fourth-order valence-corrected chi connectivity index (χ4v) is 5.68. The monoisotopic (exact) mass is 565 g/mol. The Kier molecular flexibility index (Phi) is 9.31. The smallest absolute Gasteiger partial charge is 0.264 e. The van der Waals surface area contributed by atoms with Crippen molar-refractivity contribution in [2.45, 2.75) is 38.3 Å². The van der Waals surface area contributed by atoms with Crippen LogP contribution in [0, 0.1) is 5.92 Å². The average molecular weight is 566 g/mol. The van der Waals surface area contributed by atoms with Crippen molar-refractivity contribution in [3.63, 3.8) is 0 Å². The minimum absolute atomic E-state index is 0.0371. The van der Waals surface area contributed by atoms with Crippen LogP contribution in [0.3, 0.4) is 0 Å². The number of nitrogens with zero attached hydrogens (tertiary/aromatic N) is 2. The molecule has 0 saturated carbocycles. The summed E-state index contributed by atoms with van der Waals surface area (Å²) in [4.78, 5) is 28.5. The predicted molar refractivity (Wildman–Crippen MR) is 153 cm³/mol. The molecule has 9 nitrogen and oxygen atoms in total. The number of anilines is 1. The third-order valence-corrected chi connectivity index (χ3v) is 8.26. The van der Waals surface area contributed by atoms with Gasteiger partial charge in [-0.05, 0) is 42.7 Å². The number of amides is 2. The zero-order chi connectivity index (χ0) is 28.7. The summed E-state index contributed by atoms with van der Waals surface area (Å²) in [7, 11) is -4.16. The number of hydrogen-bond donors (Lipinski definition) is 1. The van der Waals surface area contributed by atoms with Gasteiger partial charge in [-0.25, -0.2) is 8.42 Å². The van der Waals surface area contributed by atoms with E-state index in [9.17, 15) is 18.0 Å². The van der Waals surface area contributed by atoms with Crippen LogP contribution in [0.1, 0.15) is 26.3 Å². The number of rotatable bonds is 11. The summed E-state index contributed by atoms with van der Waals surface area (Å²) in [5, 5.41) is 2.88. The number of benzene rings is 3. The van der Waals surface area contributed by atoms with Gasteiger partial charge in [-0.1, -0.05) is 62.4 Å². The van der Waals surface area contributed by atoms with Crippen LogP contribution in [0.25, 0.3) is 0 Å². The topological polar surface area (TPSA) is 105 Å². The Morgan fingerprint density at radius 3 is 2.15 bits per heavy atom. The molecule has 3 aromatic carbocycles. The molecular formula is C30H35N3O6S. The molecule has 10 heteroatoms. The first-order chi connectivity index (χ1) is 19.2. The maximum Gasteiger partial charge on any atom is 0.264 e. The van der Waals surface area contributed by atoms with Gasteiger partial charge in [-0.3, -0.25) is 13.9 Å². The van der Waals surface area contributed by atoms with Gasteiger partial charge < -0.3 is 19.7 Å². The van der Waals surface area contributed by atoms with Gasteiger partial charge in [-0.15, -0.1) is 0 Å². The first-order valence-corrected chi connectivity index (χ1v) is 14.7. The van der Waals surface area contributed by atoms with Crippen LogP contribution >= 0.6 is 0 Å². The Bertz CT molecular complexity index is 1410. The SMILES string of the molecule is CC(C)CNC(=O)[C@@H](C)N(Cc1ccccc1)C(=O)CN(c1ccc2c(c1)OCCO2)S(=O)(=O)c1ccccc1. The Morgan fingerprint density at radius 1 is 0.875 bits per heavy atom. The molecule has 0 bridgehead atoms. The van der Waals surface area contributed by atoms with E-state index in [0.717, 1.165) is 9.87 Å². The van der Waals surface area contributed by atoms with E-state index in [4.69, 9.17) is 9.47 Å². The quantitative estimate of drug-likeness (QED) is 0.379. The molecule has 0 spiro atoms. The number of nitrogens with one attached hydrogen (secondary N) is 1. The highest BCUT2D eigenvalue weighted by molar-refractivity contribution is 7.92. The lowest BCUT2D eigenvalue weighted by Crippen LogP contribution is -2.51. The predicted octanol–water partition coefficient (Wildman–Crippen LogP) is 3.84. The van der Waals surface area contributed by atoms with E-state index in [2.05, 4.69) is 5.32 Å². The van der Waals surface area contributed by atoms with Crippen LogP contribution in [-0.4, -0.2) is 57.5 Å². The molecule has 1 aliphatic heterocycles. The molecule has 4 rings (SSSR count). The Balaban J connectivity index is 1.70. The fraction of sp³-hybridized carbons (Fsp3) is 0.333. The molecule has 0 fully saturated rings. The van der Waals surface area contributed by atoms with Gasteiger partial charge in [0.15, 0.2) is 11.5 Å². The molecule has 0 unspecified atom stereocenters. The summed E-state index contributed by atoms with van der Waals surface area (Å²) in [6, 6.07) is 21.1. The number of carbonyl (C=O) groups is 2. The largest absolute Gasteiger partial charge is 0.486 e. The lowest BCUT2D eigenvalue weighted by Gasteiger charge is -2.32. The Hall–Kier alpha value is -4.05. The third-order valence-electron chi connectivity index (χ3n) is 6.47. The van der Waals surface area contributed by atoms with Crippen LogP contribution in [-0.2, 0) is 26.2 Å². The summed E-state index contributed by atoms with van der Waals surface area (Å²) in [6.45, 7) is 6.41. The van der Waals surface area contributed by atoms with Crippen molar-refractivity contribution in [3.8, 4) is 11.5 Å². The highest BCUT2D eigenvalue weighted by Crippen LogP contribution is 2.36. The zero-order valence-corrected chi connectivity index (χ0v) is 23.8. The minimum Gasteiger partial charge on any atom is -0.486 e. The average Bonchev–Trinajstić information content (AvgIpc) is 2.97. The fourth-order valence-electron chi connectivity index (χ4n) is 4.25. The van der Waals surface area contributed by atoms with E-state index in [1.165, 1.54) is 17.0 Å². The van der Waals surface area contributed by atoms with Crippen LogP contribution in [0.5, 0.6) is 11.5 Å². The second kappa shape index (κ2) is 12.9. The normalized spacial score (nSPS) is 13.4. The molecule has 212 valence electrons. The standard InChI is InChI=1S/C30H35N3O6S/c1-22(2)19-31-30(35)23(3)32(20-24-10-6-4-7-11-24)29(34)21-33(40(36,37)26-12-8-5-9-13-26)25-14-15-27-28(18-25)39-17-16-38-27/h4-15,18,22-23H,16-17,19-21H2,1-3H3,(H,31,35)/t23-/m1/s1. The van der Waals surface area contributed by atoms with Gasteiger partial charge in [0.05, 0.1) is 10.6 Å². The van der Waals surface area contributed by atoms with Gasteiger partial charge in [0.25, 0.3) is 10.0 Å². The molecular weight excluding hydrogens is 530 g/mol. The molecule has 0 aliphatic carbocycles. The number of ether oxygens (including phenoxy) is 2. The lowest BCUT2D eigenvalue weighted by atomic mass is 10.1. The molecule has 0 saturated heterocycles. The molecule has 1 N–H and O–H groups in total. The van der Waals surface area contributed by atoms with Crippen LogP contribution in [0.2, 0.25) is 0 Å². The van der Waals surface area contributed by atoms with Crippen molar-refractivity contribution >= 4 is 27.5 Å². The van der Waals surface area contributed by atoms with Crippen molar-refractivity contribution in [2.24, 2.45) is 5.92 Å². The van der Waals surface area contributed by atoms with Crippen LogP contribution in [0.15, 0.2) is 83.8 Å². The molecule has 0 aromatic heterocycles. The van der Waals surface area contributed by atoms with Gasteiger partial charge in [-0.2, -0.15) is 0 Å². The number of fused-ring (bicyclic) bond motifs is 1. The summed E-state index contributed by atoms with van der Waals surface area (Å²) >= 11 is 0. The van der Waals surface area contributed by atoms with Crippen molar-refractivity contribution < 1.29 is 27.5 Å². The summed E-state index contributed by atoms with van der Waals surface area (Å²) in [6.07, 6.45) is 0. The van der Waals surface area contributed by atoms with Gasteiger partial charge in [0, 0.05) is 19.2 Å². The molecule has 1 atom stereocenters. The van der Waals surface area contributed by atoms with E-state index in [1.807, 2.05) is 44.2 Å². The lowest BCUT2D eigenvalue weighted by molar-refractivity contribution is -0.139.